The summed E-state index contributed by atoms with van der Waals surface area (Å²) < 4.78 is 17.1. The third-order valence-electron chi connectivity index (χ3n) is 3.07. The lowest BCUT2D eigenvalue weighted by atomic mass is 10.1. The molecule has 1 aliphatic heterocycles. The third kappa shape index (κ3) is 8.20. The molecule has 0 saturated carbocycles. The quantitative estimate of drug-likeness (QED) is 0.626. The van der Waals surface area contributed by atoms with Crippen molar-refractivity contribution in [3.8, 4) is 0 Å². The third-order valence-corrected chi connectivity index (χ3v) is 3.77. The van der Waals surface area contributed by atoms with Crippen LogP contribution < -0.4 is 0 Å². The Morgan fingerprint density at radius 1 is 1.04 bits per heavy atom. The van der Waals surface area contributed by atoms with Crippen molar-refractivity contribution >= 4 is 12.0 Å². The summed E-state index contributed by atoms with van der Waals surface area (Å²) >= 11 is 1.39. The molecule has 0 amide bonds. The van der Waals surface area contributed by atoms with Crippen LogP contribution in [0.25, 0.3) is 0 Å². The second-order valence-electron chi connectivity index (χ2n) is 5.58. The van der Waals surface area contributed by atoms with Crippen molar-refractivity contribution in [3.63, 3.8) is 0 Å². The van der Waals surface area contributed by atoms with Gasteiger partial charge >= 0.3 is 0 Å². The molecule has 0 spiro atoms. The predicted molar refractivity (Wildman–Crippen MR) is 99.8 cm³/mol. The average Bonchev–Trinajstić information content (AvgIpc) is 2.85. The van der Waals surface area contributed by atoms with Crippen LogP contribution in [0.4, 0.5) is 0 Å². The first-order chi connectivity index (χ1) is 10.9. The van der Waals surface area contributed by atoms with Crippen LogP contribution in [0.2, 0.25) is 0 Å². The van der Waals surface area contributed by atoms with Gasteiger partial charge in [-0.15, -0.1) is 0 Å². The maximum Gasteiger partial charge on any atom is 0.163 e. The van der Waals surface area contributed by atoms with Crippen LogP contribution in [0, 0.1) is 0 Å². The van der Waals surface area contributed by atoms with Gasteiger partial charge in [-0.05, 0) is 44.9 Å². The van der Waals surface area contributed by atoms with Crippen molar-refractivity contribution < 1.29 is 13.7 Å². The standard InChI is InChI=1S/C15H22O3S.2C2H6/c1-5-12-6-8-13(9-7-12)19-17-11-15(4)10-16-14(2,3)18-15;2*1-2/h6-9H,5,10-11H2,1-4H3;2*1-2H3. The summed E-state index contributed by atoms with van der Waals surface area (Å²) in [5, 5.41) is 0. The van der Waals surface area contributed by atoms with Crippen molar-refractivity contribution in [3.05, 3.63) is 29.8 Å². The Labute approximate surface area is 147 Å². The van der Waals surface area contributed by atoms with Gasteiger partial charge in [-0.3, -0.25) is 0 Å². The van der Waals surface area contributed by atoms with Crippen LogP contribution in [-0.2, 0) is 20.1 Å². The van der Waals surface area contributed by atoms with Gasteiger partial charge in [0.1, 0.15) is 5.60 Å². The molecule has 1 unspecified atom stereocenters. The highest BCUT2D eigenvalue weighted by atomic mass is 32.2. The van der Waals surface area contributed by atoms with Crippen molar-refractivity contribution in [1.29, 1.82) is 0 Å². The Morgan fingerprint density at radius 2 is 1.61 bits per heavy atom. The summed E-state index contributed by atoms with van der Waals surface area (Å²) in [6, 6.07) is 8.43. The van der Waals surface area contributed by atoms with Gasteiger partial charge in [-0.1, -0.05) is 46.8 Å². The van der Waals surface area contributed by atoms with Gasteiger partial charge in [0.25, 0.3) is 0 Å². The monoisotopic (exact) mass is 342 g/mol. The molecule has 3 nitrogen and oxygen atoms in total. The molecule has 1 atom stereocenters. The molecule has 0 aliphatic carbocycles. The minimum atomic E-state index is -0.508. The van der Waals surface area contributed by atoms with E-state index >= 15 is 0 Å². The number of rotatable bonds is 5. The maximum atomic E-state index is 5.85. The Balaban J connectivity index is 0.00000112. The Kier molecular flexibility index (Phi) is 10.8. The smallest absolute Gasteiger partial charge is 0.163 e. The molecule has 0 aromatic heterocycles. The first-order valence-electron chi connectivity index (χ1n) is 8.65. The molecule has 1 fully saturated rings. The zero-order valence-electron chi connectivity index (χ0n) is 16.1. The van der Waals surface area contributed by atoms with E-state index in [1.807, 2.05) is 48.5 Å². The van der Waals surface area contributed by atoms with Gasteiger partial charge in [0.05, 0.1) is 13.2 Å². The number of aryl methyl sites for hydroxylation is 1. The molecule has 23 heavy (non-hydrogen) atoms. The topological polar surface area (TPSA) is 27.7 Å². The molecule has 134 valence electrons. The summed E-state index contributed by atoms with van der Waals surface area (Å²) in [6.07, 6.45) is 1.06. The van der Waals surface area contributed by atoms with E-state index in [9.17, 15) is 0 Å². The average molecular weight is 343 g/mol. The Bertz CT molecular complexity index is 417. The maximum absolute atomic E-state index is 5.85. The lowest BCUT2D eigenvalue weighted by molar-refractivity contribution is -0.162. The molecule has 1 aromatic rings. The van der Waals surface area contributed by atoms with E-state index in [0.29, 0.717) is 13.2 Å². The second kappa shape index (κ2) is 11.1. The Morgan fingerprint density at radius 3 is 2.04 bits per heavy atom. The second-order valence-corrected chi connectivity index (χ2v) is 6.46. The molecule has 0 radical (unpaired) electrons. The number of benzene rings is 1. The molecule has 2 rings (SSSR count). The summed E-state index contributed by atoms with van der Waals surface area (Å²) in [5.41, 5.74) is 0.977. The highest BCUT2D eigenvalue weighted by Crippen LogP contribution is 2.32. The van der Waals surface area contributed by atoms with Crippen LogP contribution in [0.15, 0.2) is 29.2 Å². The minimum absolute atomic E-state index is 0.361. The van der Waals surface area contributed by atoms with E-state index < -0.39 is 5.79 Å². The fourth-order valence-corrected chi connectivity index (χ4v) is 2.74. The molecule has 1 saturated heterocycles. The highest BCUT2D eigenvalue weighted by molar-refractivity contribution is 7.94. The van der Waals surface area contributed by atoms with Crippen LogP contribution >= 0.6 is 12.0 Å². The van der Waals surface area contributed by atoms with Gasteiger partial charge in [-0.2, -0.15) is 0 Å². The number of ether oxygens (including phenoxy) is 2. The fourth-order valence-electron chi connectivity index (χ4n) is 2.05. The first kappa shape index (κ1) is 22.4. The van der Waals surface area contributed by atoms with Crippen LogP contribution in [0.5, 0.6) is 0 Å². The van der Waals surface area contributed by atoms with Gasteiger partial charge < -0.3 is 13.7 Å². The molecule has 1 heterocycles. The molecule has 0 bridgehead atoms. The molecule has 4 heteroatoms. The van der Waals surface area contributed by atoms with Crippen LogP contribution in [0.3, 0.4) is 0 Å². The van der Waals surface area contributed by atoms with E-state index in [-0.39, 0.29) is 5.60 Å². The highest BCUT2D eigenvalue weighted by Gasteiger charge is 2.42. The number of hydrogen-bond donors (Lipinski definition) is 0. The van der Waals surface area contributed by atoms with E-state index in [1.165, 1.54) is 17.6 Å². The summed E-state index contributed by atoms with van der Waals surface area (Å²) in [7, 11) is 0. The first-order valence-corrected chi connectivity index (χ1v) is 9.39. The summed E-state index contributed by atoms with van der Waals surface area (Å²) in [6.45, 7) is 17.1. The van der Waals surface area contributed by atoms with Gasteiger partial charge in [0.2, 0.25) is 0 Å². The minimum Gasteiger partial charge on any atom is -0.347 e. The lowest BCUT2D eigenvalue weighted by Crippen LogP contribution is -2.35. The Hall–Kier alpha value is -0.550. The normalized spacial score (nSPS) is 21.7. The van der Waals surface area contributed by atoms with Crippen molar-refractivity contribution in [2.24, 2.45) is 0 Å². The van der Waals surface area contributed by atoms with E-state index in [0.717, 1.165) is 11.3 Å². The predicted octanol–water partition coefficient (Wildman–Crippen LogP) is 5.87. The van der Waals surface area contributed by atoms with Gasteiger partial charge in [0.15, 0.2) is 5.79 Å². The lowest BCUT2D eigenvalue weighted by Gasteiger charge is -2.24. The van der Waals surface area contributed by atoms with E-state index in [1.54, 1.807) is 0 Å². The zero-order valence-corrected chi connectivity index (χ0v) is 16.9. The molecule has 0 N–H and O–H groups in total. The van der Waals surface area contributed by atoms with Gasteiger partial charge in [0, 0.05) is 16.9 Å². The van der Waals surface area contributed by atoms with E-state index in [2.05, 4.69) is 31.2 Å². The summed E-state index contributed by atoms with van der Waals surface area (Å²) in [4.78, 5) is 1.11. The molecular weight excluding hydrogens is 308 g/mol. The molecular formula is C19H34O3S. The van der Waals surface area contributed by atoms with Crippen LogP contribution in [-0.4, -0.2) is 24.6 Å². The molecule has 1 aliphatic rings. The summed E-state index contributed by atoms with van der Waals surface area (Å²) in [5.74, 6) is -0.508. The largest absolute Gasteiger partial charge is 0.347 e. The van der Waals surface area contributed by atoms with Crippen LogP contribution in [0.1, 0.15) is 61.0 Å². The fraction of sp³-hybridized carbons (Fsp3) is 0.684. The molecule has 1 aromatic carbocycles. The van der Waals surface area contributed by atoms with Gasteiger partial charge in [-0.25, -0.2) is 0 Å². The zero-order chi connectivity index (χ0) is 17.9. The van der Waals surface area contributed by atoms with Crippen molar-refractivity contribution in [2.45, 2.75) is 78.1 Å². The van der Waals surface area contributed by atoms with E-state index in [4.69, 9.17) is 13.7 Å². The van der Waals surface area contributed by atoms with Crippen molar-refractivity contribution in [1.82, 2.24) is 0 Å². The van der Waals surface area contributed by atoms with Crippen molar-refractivity contribution in [2.75, 3.05) is 13.2 Å². The SMILES string of the molecule is CC.CC.CCc1ccc(SOCC2(C)COC(C)(C)O2)cc1. The number of hydrogen-bond acceptors (Lipinski definition) is 4.